The summed E-state index contributed by atoms with van der Waals surface area (Å²) in [6.07, 6.45) is 0.129. The Morgan fingerprint density at radius 3 is 2.57 bits per heavy atom. The first-order chi connectivity index (χ1) is 9.73. The first kappa shape index (κ1) is 16.7. The third kappa shape index (κ3) is 5.65. The highest BCUT2D eigenvalue weighted by Gasteiger charge is 2.26. The van der Waals surface area contributed by atoms with Crippen LogP contribution in [0.4, 0.5) is 0 Å². The Morgan fingerprint density at radius 2 is 2.00 bits per heavy atom. The SMILES string of the molecule is CN(Cc1cccc(C#N)c1)C(=O)CC(C)(C)CC(=O)O. The third-order valence-corrected chi connectivity index (χ3v) is 3.16. The van der Waals surface area contributed by atoms with Crippen molar-refractivity contribution in [3.05, 3.63) is 35.4 Å². The Kier molecular flexibility index (Phi) is 5.48. The Morgan fingerprint density at radius 1 is 1.33 bits per heavy atom. The van der Waals surface area contributed by atoms with E-state index in [2.05, 4.69) is 6.07 Å². The van der Waals surface area contributed by atoms with Gasteiger partial charge in [-0.15, -0.1) is 0 Å². The highest BCUT2D eigenvalue weighted by molar-refractivity contribution is 5.77. The van der Waals surface area contributed by atoms with Gasteiger partial charge in [0.15, 0.2) is 0 Å². The molecule has 0 atom stereocenters. The number of benzene rings is 1. The lowest BCUT2D eigenvalue weighted by Crippen LogP contribution is -2.31. The molecule has 1 aromatic rings. The Labute approximate surface area is 124 Å². The number of nitrogens with zero attached hydrogens (tertiary/aromatic N) is 2. The van der Waals surface area contributed by atoms with Crippen molar-refractivity contribution >= 4 is 11.9 Å². The molecule has 5 heteroatoms. The fraction of sp³-hybridized carbons (Fsp3) is 0.438. The van der Waals surface area contributed by atoms with Gasteiger partial charge in [0.05, 0.1) is 18.1 Å². The molecular formula is C16H20N2O3. The summed E-state index contributed by atoms with van der Waals surface area (Å²) in [5, 5.41) is 17.7. The van der Waals surface area contributed by atoms with Crippen LogP contribution in [-0.4, -0.2) is 28.9 Å². The Balaban J connectivity index is 2.66. The van der Waals surface area contributed by atoms with Gasteiger partial charge >= 0.3 is 5.97 Å². The number of hydrogen-bond acceptors (Lipinski definition) is 3. The molecule has 0 unspecified atom stereocenters. The molecule has 0 radical (unpaired) electrons. The number of carboxylic acids is 1. The largest absolute Gasteiger partial charge is 0.481 e. The van der Waals surface area contributed by atoms with Gasteiger partial charge in [-0.3, -0.25) is 9.59 Å². The topological polar surface area (TPSA) is 81.4 Å². The molecule has 0 bridgehead atoms. The first-order valence-corrected chi connectivity index (χ1v) is 6.68. The van der Waals surface area contributed by atoms with E-state index < -0.39 is 11.4 Å². The molecule has 0 aromatic heterocycles. The van der Waals surface area contributed by atoms with Crippen LogP contribution in [0, 0.1) is 16.7 Å². The first-order valence-electron chi connectivity index (χ1n) is 6.68. The number of carbonyl (C=O) groups is 2. The summed E-state index contributed by atoms with van der Waals surface area (Å²) in [6.45, 7) is 3.93. The van der Waals surface area contributed by atoms with Crippen LogP contribution >= 0.6 is 0 Å². The number of hydrogen-bond donors (Lipinski definition) is 1. The second-order valence-electron chi connectivity index (χ2n) is 5.97. The van der Waals surface area contributed by atoms with E-state index in [-0.39, 0.29) is 18.7 Å². The highest BCUT2D eigenvalue weighted by Crippen LogP contribution is 2.26. The van der Waals surface area contributed by atoms with Crippen LogP contribution < -0.4 is 0 Å². The number of amides is 1. The van der Waals surface area contributed by atoms with Crippen molar-refractivity contribution in [3.63, 3.8) is 0 Å². The van der Waals surface area contributed by atoms with Crippen molar-refractivity contribution < 1.29 is 14.7 Å². The maximum Gasteiger partial charge on any atom is 0.303 e. The predicted octanol–water partition coefficient (Wildman–Crippen LogP) is 2.41. The van der Waals surface area contributed by atoms with Gasteiger partial charge in [0.25, 0.3) is 0 Å². The van der Waals surface area contributed by atoms with E-state index in [0.29, 0.717) is 12.1 Å². The second kappa shape index (κ2) is 6.89. The monoisotopic (exact) mass is 288 g/mol. The molecule has 0 aliphatic rings. The summed E-state index contributed by atoms with van der Waals surface area (Å²) in [5.41, 5.74) is 0.853. The predicted molar refractivity (Wildman–Crippen MR) is 78.3 cm³/mol. The van der Waals surface area contributed by atoms with Gasteiger partial charge in [0.1, 0.15) is 0 Å². The van der Waals surface area contributed by atoms with Crippen molar-refractivity contribution in [2.45, 2.75) is 33.2 Å². The van der Waals surface area contributed by atoms with Gasteiger partial charge < -0.3 is 10.0 Å². The zero-order chi connectivity index (χ0) is 16.0. The summed E-state index contributed by atoms with van der Waals surface area (Å²) < 4.78 is 0. The zero-order valence-electron chi connectivity index (χ0n) is 12.6. The molecule has 0 aliphatic heterocycles. The van der Waals surface area contributed by atoms with E-state index in [0.717, 1.165) is 5.56 Å². The number of rotatable bonds is 6. The summed E-state index contributed by atoms with van der Waals surface area (Å²) in [7, 11) is 1.68. The Hall–Kier alpha value is -2.35. The smallest absolute Gasteiger partial charge is 0.303 e. The molecule has 0 heterocycles. The van der Waals surface area contributed by atoms with Crippen LogP contribution in [0.1, 0.15) is 37.8 Å². The molecule has 0 fully saturated rings. The fourth-order valence-corrected chi connectivity index (χ4v) is 2.12. The standard InChI is InChI=1S/C16H20N2O3/c1-16(2,9-15(20)21)8-14(19)18(3)11-13-6-4-5-12(7-13)10-17/h4-7H,8-9,11H2,1-3H3,(H,20,21). The van der Waals surface area contributed by atoms with Gasteiger partial charge in [-0.1, -0.05) is 26.0 Å². The number of carboxylic acid groups (broad SMARTS) is 1. The third-order valence-electron chi connectivity index (χ3n) is 3.16. The summed E-state index contributed by atoms with van der Waals surface area (Å²) >= 11 is 0. The molecule has 0 aliphatic carbocycles. The van der Waals surface area contributed by atoms with Crippen LogP contribution in [0.15, 0.2) is 24.3 Å². The van der Waals surface area contributed by atoms with E-state index >= 15 is 0 Å². The number of nitriles is 1. The van der Waals surface area contributed by atoms with Crippen molar-refractivity contribution in [1.29, 1.82) is 5.26 Å². The van der Waals surface area contributed by atoms with E-state index in [1.165, 1.54) is 0 Å². The lowest BCUT2D eigenvalue weighted by Gasteiger charge is -2.25. The van der Waals surface area contributed by atoms with Crippen LogP contribution in [0.2, 0.25) is 0 Å². The molecule has 0 saturated heterocycles. The second-order valence-corrected chi connectivity index (χ2v) is 5.97. The van der Waals surface area contributed by atoms with Crippen LogP contribution in [-0.2, 0) is 16.1 Å². The van der Waals surface area contributed by atoms with Crippen LogP contribution in [0.25, 0.3) is 0 Å². The van der Waals surface area contributed by atoms with E-state index in [9.17, 15) is 9.59 Å². The van der Waals surface area contributed by atoms with E-state index in [1.54, 1.807) is 44.0 Å². The summed E-state index contributed by atoms with van der Waals surface area (Å²) in [4.78, 5) is 24.5. The maximum absolute atomic E-state index is 12.2. The van der Waals surface area contributed by atoms with Crippen molar-refractivity contribution in [1.82, 2.24) is 4.90 Å². The number of aliphatic carboxylic acids is 1. The maximum atomic E-state index is 12.2. The minimum Gasteiger partial charge on any atom is -0.481 e. The van der Waals surface area contributed by atoms with Crippen molar-refractivity contribution in [3.8, 4) is 6.07 Å². The quantitative estimate of drug-likeness (QED) is 0.871. The molecule has 21 heavy (non-hydrogen) atoms. The van der Waals surface area contributed by atoms with E-state index in [4.69, 9.17) is 10.4 Å². The zero-order valence-corrected chi connectivity index (χ0v) is 12.6. The lowest BCUT2D eigenvalue weighted by molar-refractivity contribution is -0.140. The fourth-order valence-electron chi connectivity index (χ4n) is 2.12. The number of carbonyl (C=O) groups excluding carboxylic acids is 1. The molecule has 1 N–H and O–H groups in total. The van der Waals surface area contributed by atoms with Crippen LogP contribution in [0.3, 0.4) is 0 Å². The highest BCUT2D eigenvalue weighted by atomic mass is 16.4. The molecular weight excluding hydrogens is 268 g/mol. The molecule has 1 aromatic carbocycles. The molecule has 0 saturated carbocycles. The molecule has 1 rings (SSSR count). The van der Waals surface area contributed by atoms with Crippen LogP contribution in [0.5, 0.6) is 0 Å². The molecule has 0 spiro atoms. The molecule has 1 amide bonds. The van der Waals surface area contributed by atoms with Gasteiger partial charge in [-0.2, -0.15) is 5.26 Å². The van der Waals surface area contributed by atoms with Gasteiger partial charge in [0.2, 0.25) is 5.91 Å². The van der Waals surface area contributed by atoms with Gasteiger partial charge in [0, 0.05) is 20.0 Å². The molecule has 112 valence electrons. The van der Waals surface area contributed by atoms with Crippen molar-refractivity contribution in [2.75, 3.05) is 7.05 Å². The van der Waals surface area contributed by atoms with Crippen molar-refractivity contribution in [2.24, 2.45) is 5.41 Å². The lowest BCUT2D eigenvalue weighted by atomic mass is 9.85. The Bertz CT molecular complexity index is 573. The summed E-state index contributed by atoms with van der Waals surface area (Å²) in [6, 6.07) is 9.15. The average Bonchev–Trinajstić information content (AvgIpc) is 2.36. The summed E-state index contributed by atoms with van der Waals surface area (Å²) in [5.74, 6) is -1.01. The normalized spacial score (nSPS) is 10.8. The van der Waals surface area contributed by atoms with E-state index in [1.807, 2.05) is 6.07 Å². The average molecular weight is 288 g/mol. The minimum atomic E-state index is -0.905. The van der Waals surface area contributed by atoms with Gasteiger partial charge in [-0.05, 0) is 23.1 Å². The minimum absolute atomic E-state index is 0.0451. The van der Waals surface area contributed by atoms with Gasteiger partial charge in [-0.25, -0.2) is 0 Å². The molecule has 5 nitrogen and oxygen atoms in total.